The van der Waals surface area contributed by atoms with E-state index in [1.165, 1.54) is 79.2 Å². The lowest BCUT2D eigenvalue weighted by molar-refractivity contribution is 0.224. The Bertz CT molecular complexity index is 1580. The maximum atomic E-state index is 4.93. The van der Waals surface area contributed by atoms with E-state index < -0.39 is 0 Å². The first kappa shape index (κ1) is 24.4. The second-order valence-corrected chi connectivity index (χ2v) is 13.1. The van der Waals surface area contributed by atoms with Gasteiger partial charge in [0.1, 0.15) is 0 Å². The molecule has 1 aliphatic carbocycles. The molecule has 1 fully saturated rings. The van der Waals surface area contributed by atoms with Crippen LogP contribution in [0.5, 0.6) is 0 Å². The lowest BCUT2D eigenvalue weighted by atomic mass is 9.71. The molecule has 0 saturated heterocycles. The number of fused-ring (bicyclic) bond motifs is 2. The Morgan fingerprint density at radius 1 is 0.865 bits per heavy atom. The van der Waals surface area contributed by atoms with Crippen molar-refractivity contribution in [1.82, 2.24) is 4.98 Å². The molecule has 188 valence electrons. The lowest BCUT2D eigenvalue weighted by Gasteiger charge is -2.34. The maximum absolute atomic E-state index is 4.93. The molecule has 2 heterocycles. The Hall–Kier alpha value is -2.97. The number of pyridine rings is 1. The number of rotatable bonds is 4. The molecule has 3 aromatic carbocycles. The average Bonchev–Trinajstić information content (AvgIpc) is 3.24. The highest BCUT2D eigenvalue weighted by Gasteiger charge is 2.27. The first-order valence-electron chi connectivity index (χ1n) is 13.8. The number of hydrogen-bond acceptors (Lipinski definition) is 2. The minimum absolute atomic E-state index is 0.457. The van der Waals surface area contributed by atoms with Crippen LogP contribution in [-0.4, -0.2) is 4.98 Å². The Morgan fingerprint density at radius 3 is 2.32 bits per heavy atom. The van der Waals surface area contributed by atoms with Gasteiger partial charge in [0.25, 0.3) is 0 Å². The van der Waals surface area contributed by atoms with Gasteiger partial charge in [-0.1, -0.05) is 76.2 Å². The Labute approximate surface area is 225 Å². The predicted octanol–water partition coefficient (Wildman–Crippen LogP) is 10.9. The zero-order valence-corrected chi connectivity index (χ0v) is 23.6. The molecule has 0 atom stereocenters. The zero-order valence-electron chi connectivity index (χ0n) is 22.8. The third-order valence-corrected chi connectivity index (χ3v) is 9.99. The SMILES string of the molecule is Cc1c(-c2ccc(C3CCC(C)(C)CC3)cc2)sc2c(-c3cc(C(C)C)c4ccccc4c3)nccc12. The quantitative estimate of drug-likeness (QED) is 0.238. The van der Waals surface area contributed by atoms with Gasteiger partial charge < -0.3 is 0 Å². The summed E-state index contributed by atoms with van der Waals surface area (Å²) in [7, 11) is 0. The molecule has 0 amide bonds. The summed E-state index contributed by atoms with van der Waals surface area (Å²) < 4.78 is 1.29. The maximum Gasteiger partial charge on any atom is 0.0880 e. The lowest BCUT2D eigenvalue weighted by Crippen LogP contribution is -2.20. The van der Waals surface area contributed by atoms with E-state index in [0.717, 1.165) is 5.69 Å². The first-order chi connectivity index (χ1) is 17.8. The van der Waals surface area contributed by atoms with Crippen LogP contribution < -0.4 is 0 Å². The van der Waals surface area contributed by atoms with Gasteiger partial charge in [-0.2, -0.15) is 0 Å². The Morgan fingerprint density at radius 2 is 1.59 bits per heavy atom. The van der Waals surface area contributed by atoms with E-state index in [1.807, 2.05) is 17.5 Å². The van der Waals surface area contributed by atoms with Crippen molar-refractivity contribution in [3.05, 3.63) is 89.6 Å². The number of benzene rings is 3. The highest BCUT2D eigenvalue weighted by Crippen LogP contribution is 2.45. The number of thiophene rings is 1. The number of hydrogen-bond donors (Lipinski definition) is 0. The first-order valence-corrected chi connectivity index (χ1v) is 14.6. The largest absolute Gasteiger partial charge is 0.255 e. The van der Waals surface area contributed by atoms with E-state index in [4.69, 9.17) is 4.98 Å². The summed E-state index contributed by atoms with van der Waals surface area (Å²) in [6.45, 7) is 11.7. The van der Waals surface area contributed by atoms with Gasteiger partial charge in [0.05, 0.1) is 10.4 Å². The fraction of sp³-hybridized carbons (Fsp3) is 0.343. The smallest absolute Gasteiger partial charge is 0.0880 e. The molecule has 1 aliphatic rings. The summed E-state index contributed by atoms with van der Waals surface area (Å²) in [6, 6.07) is 25.1. The normalized spacial score (nSPS) is 16.2. The number of nitrogens with zero attached hydrogens (tertiary/aromatic N) is 1. The molecule has 0 spiro atoms. The van der Waals surface area contributed by atoms with Gasteiger partial charge in [-0.05, 0) is 106 Å². The topological polar surface area (TPSA) is 12.9 Å². The van der Waals surface area contributed by atoms with Crippen LogP contribution in [0.25, 0.3) is 42.6 Å². The molecule has 1 saturated carbocycles. The van der Waals surface area contributed by atoms with Gasteiger partial charge >= 0.3 is 0 Å². The van der Waals surface area contributed by atoms with Crippen LogP contribution >= 0.6 is 11.3 Å². The molecule has 2 heteroatoms. The molecule has 0 unspecified atom stereocenters. The molecule has 5 aromatic rings. The Kier molecular flexibility index (Phi) is 6.19. The number of aryl methyl sites for hydroxylation is 1. The molecular formula is C35H37NS. The van der Waals surface area contributed by atoms with E-state index in [1.54, 1.807) is 0 Å². The summed E-state index contributed by atoms with van der Waals surface area (Å²) in [5.74, 6) is 1.17. The van der Waals surface area contributed by atoms with Gasteiger partial charge in [0.2, 0.25) is 0 Å². The van der Waals surface area contributed by atoms with E-state index in [-0.39, 0.29) is 0 Å². The van der Waals surface area contributed by atoms with Crippen molar-refractivity contribution in [2.45, 2.75) is 72.1 Å². The van der Waals surface area contributed by atoms with Crippen molar-refractivity contribution in [2.24, 2.45) is 5.41 Å². The van der Waals surface area contributed by atoms with Crippen LogP contribution in [0.4, 0.5) is 0 Å². The third-order valence-electron chi connectivity index (χ3n) is 8.63. The summed E-state index contributed by atoms with van der Waals surface area (Å²) in [6.07, 6.45) is 7.27. The summed E-state index contributed by atoms with van der Waals surface area (Å²) in [5.41, 5.74) is 8.42. The molecule has 0 N–H and O–H groups in total. The zero-order chi connectivity index (χ0) is 25.7. The van der Waals surface area contributed by atoms with E-state index >= 15 is 0 Å². The second kappa shape index (κ2) is 9.40. The minimum atomic E-state index is 0.457. The summed E-state index contributed by atoms with van der Waals surface area (Å²) in [5, 5.41) is 3.96. The van der Waals surface area contributed by atoms with E-state index in [9.17, 15) is 0 Å². The van der Waals surface area contributed by atoms with Crippen LogP contribution in [0.1, 0.15) is 81.9 Å². The van der Waals surface area contributed by atoms with E-state index in [0.29, 0.717) is 17.3 Å². The van der Waals surface area contributed by atoms with Gasteiger partial charge in [-0.25, -0.2) is 0 Å². The third kappa shape index (κ3) is 4.50. The standard InChI is InChI=1S/C35H37NS/c1-22(2)31-21-28(20-27-8-6-7-9-30(27)31)32-34-29(16-19-36-32)23(3)33(37-34)26-12-10-24(11-13-26)25-14-17-35(4,5)18-15-25/h6-13,16,19-22,25H,14-15,17-18H2,1-5H3. The molecule has 0 radical (unpaired) electrons. The van der Waals surface area contributed by atoms with Crippen LogP contribution in [0, 0.1) is 12.3 Å². The molecule has 0 bridgehead atoms. The predicted molar refractivity (Wildman–Crippen MR) is 162 cm³/mol. The molecular weight excluding hydrogens is 466 g/mol. The molecule has 6 rings (SSSR count). The van der Waals surface area contributed by atoms with Crippen molar-refractivity contribution in [3.63, 3.8) is 0 Å². The highest BCUT2D eigenvalue weighted by atomic mass is 32.1. The monoisotopic (exact) mass is 503 g/mol. The van der Waals surface area contributed by atoms with Crippen molar-refractivity contribution in [3.8, 4) is 21.7 Å². The molecule has 0 aliphatic heterocycles. The second-order valence-electron chi connectivity index (χ2n) is 12.1. The van der Waals surface area contributed by atoms with Gasteiger partial charge in [0.15, 0.2) is 0 Å². The van der Waals surface area contributed by atoms with Gasteiger partial charge in [-0.15, -0.1) is 11.3 Å². The average molecular weight is 504 g/mol. The molecule has 2 aromatic heterocycles. The van der Waals surface area contributed by atoms with Gasteiger partial charge in [-0.3, -0.25) is 4.98 Å². The van der Waals surface area contributed by atoms with Crippen molar-refractivity contribution in [1.29, 1.82) is 0 Å². The highest BCUT2D eigenvalue weighted by molar-refractivity contribution is 7.23. The fourth-order valence-electron chi connectivity index (χ4n) is 6.22. The summed E-state index contributed by atoms with van der Waals surface area (Å²) >= 11 is 1.90. The number of aromatic nitrogens is 1. The van der Waals surface area contributed by atoms with Crippen LogP contribution in [0.15, 0.2) is 72.9 Å². The Balaban J connectivity index is 1.40. The van der Waals surface area contributed by atoms with Crippen molar-refractivity contribution >= 4 is 32.2 Å². The van der Waals surface area contributed by atoms with E-state index in [2.05, 4.69) is 101 Å². The molecule has 1 nitrogen and oxygen atoms in total. The van der Waals surface area contributed by atoms with Gasteiger partial charge in [0, 0.05) is 16.6 Å². The van der Waals surface area contributed by atoms with Crippen molar-refractivity contribution < 1.29 is 0 Å². The molecule has 37 heavy (non-hydrogen) atoms. The fourth-order valence-corrected chi connectivity index (χ4v) is 7.54. The summed E-state index contributed by atoms with van der Waals surface area (Å²) in [4.78, 5) is 6.30. The minimum Gasteiger partial charge on any atom is -0.255 e. The van der Waals surface area contributed by atoms with Crippen LogP contribution in [0.2, 0.25) is 0 Å². The van der Waals surface area contributed by atoms with Crippen LogP contribution in [0.3, 0.4) is 0 Å². The van der Waals surface area contributed by atoms with Crippen molar-refractivity contribution in [2.75, 3.05) is 0 Å². The van der Waals surface area contributed by atoms with Crippen LogP contribution in [-0.2, 0) is 0 Å².